The first-order valence-electron chi connectivity index (χ1n) is 9.95. The quantitative estimate of drug-likeness (QED) is 0.797. The van der Waals surface area contributed by atoms with E-state index in [9.17, 15) is 9.59 Å². The molecule has 1 saturated heterocycles. The molecule has 2 aliphatic rings. The Kier molecular flexibility index (Phi) is 6.94. The minimum absolute atomic E-state index is 0.0960. The molecule has 0 aromatic heterocycles. The summed E-state index contributed by atoms with van der Waals surface area (Å²) in [6.45, 7) is 11.1. The predicted octanol–water partition coefficient (Wildman–Crippen LogP) is 3.39. The highest BCUT2D eigenvalue weighted by Crippen LogP contribution is 2.30. The Labute approximate surface area is 157 Å². The van der Waals surface area contributed by atoms with Gasteiger partial charge in [-0.05, 0) is 79.1 Å². The average Bonchev–Trinajstić information content (AvgIpc) is 2.51. The van der Waals surface area contributed by atoms with Crippen molar-refractivity contribution in [3.8, 4) is 0 Å². The fourth-order valence-electron chi connectivity index (χ4n) is 3.84. The molecule has 1 unspecified atom stereocenters. The van der Waals surface area contributed by atoms with E-state index in [1.807, 2.05) is 20.8 Å². The van der Waals surface area contributed by atoms with Gasteiger partial charge in [0.05, 0.1) is 5.60 Å². The third-order valence-electron chi connectivity index (χ3n) is 5.19. The fourth-order valence-corrected chi connectivity index (χ4v) is 3.84. The third kappa shape index (κ3) is 7.14. The molecule has 0 aromatic carbocycles. The van der Waals surface area contributed by atoms with Crippen LogP contribution in [-0.4, -0.2) is 42.4 Å². The summed E-state index contributed by atoms with van der Waals surface area (Å²) in [4.78, 5) is 24.3. The molecule has 2 fully saturated rings. The molecule has 26 heavy (non-hydrogen) atoms. The molecule has 2 N–H and O–H groups in total. The molecule has 6 heteroatoms. The summed E-state index contributed by atoms with van der Waals surface area (Å²) in [5.74, 6) is 0.707. The second-order valence-electron chi connectivity index (χ2n) is 9.41. The van der Waals surface area contributed by atoms with E-state index in [0.29, 0.717) is 19.1 Å². The zero-order valence-corrected chi connectivity index (χ0v) is 17.0. The topological polar surface area (TPSA) is 76.7 Å². The van der Waals surface area contributed by atoms with E-state index in [-0.39, 0.29) is 29.6 Å². The van der Waals surface area contributed by atoms with Gasteiger partial charge in [0, 0.05) is 25.1 Å². The maximum atomic E-state index is 12.6. The van der Waals surface area contributed by atoms with E-state index >= 15 is 0 Å². The molecule has 1 atom stereocenters. The lowest BCUT2D eigenvalue weighted by Crippen LogP contribution is -2.48. The Hall–Kier alpha value is -1.30. The van der Waals surface area contributed by atoms with Crippen LogP contribution in [0.4, 0.5) is 4.79 Å². The first-order valence-corrected chi connectivity index (χ1v) is 9.95. The lowest BCUT2D eigenvalue weighted by molar-refractivity contribution is -0.129. The number of carbonyl (C=O) groups is 2. The molecule has 1 saturated carbocycles. The van der Waals surface area contributed by atoms with Gasteiger partial charge in [0.25, 0.3) is 0 Å². The van der Waals surface area contributed by atoms with Crippen LogP contribution < -0.4 is 10.6 Å². The highest BCUT2D eigenvalue weighted by Gasteiger charge is 2.32. The molecule has 0 radical (unpaired) electrons. The Bertz CT molecular complexity index is 491. The van der Waals surface area contributed by atoms with Gasteiger partial charge in [-0.2, -0.15) is 0 Å². The molecular weight excluding hydrogens is 332 g/mol. The summed E-state index contributed by atoms with van der Waals surface area (Å²) in [7, 11) is 0. The molecule has 0 bridgehead atoms. The Morgan fingerprint density at radius 1 is 1.12 bits per heavy atom. The molecule has 1 aliphatic heterocycles. The first-order chi connectivity index (χ1) is 12.0. The summed E-state index contributed by atoms with van der Waals surface area (Å²) >= 11 is 0. The molecular formula is C20H36N2O4. The Morgan fingerprint density at radius 3 is 2.35 bits per heavy atom. The van der Waals surface area contributed by atoms with Crippen molar-refractivity contribution >= 4 is 12.0 Å². The van der Waals surface area contributed by atoms with Gasteiger partial charge in [-0.3, -0.25) is 4.79 Å². The van der Waals surface area contributed by atoms with E-state index in [1.165, 1.54) is 0 Å². The first kappa shape index (κ1) is 21.0. The SMILES string of the molecule is CC(C)(C)OC(=O)NCC1CCC(C(=O)NC2CCOC(C)(C)C2)CC1. The molecule has 150 valence electrons. The molecule has 2 amide bonds. The number of rotatable bonds is 4. The number of hydrogen-bond donors (Lipinski definition) is 2. The number of hydrogen-bond acceptors (Lipinski definition) is 4. The van der Waals surface area contributed by atoms with Gasteiger partial charge in [0.2, 0.25) is 5.91 Å². The smallest absolute Gasteiger partial charge is 0.407 e. The standard InChI is InChI=1S/C20H36N2O4/c1-19(2,3)26-18(24)21-13-14-6-8-15(9-7-14)17(23)22-16-10-11-25-20(4,5)12-16/h14-16H,6-13H2,1-5H3,(H,21,24)(H,22,23). The van der Waals surface area contributed by atoms with Crippen molar-refractivity contribution in [1.29, 1.82) is 0 Å². The number of alkyl carbamates (subject to hydrolysis) is 1. The number of ether oxygens (including phenoxy) is 2. The maximum absolute atomic E-state index is 12.6. The van der Waals surface area contributed by atoms with Gasteiger partial charge < -0.3 is 20.1 Å². The molecule has 6 nitrogen and oxygen atoms in total. The van der Waals surface area contributed by atoms with Gasteiger partial charge in [-0.25, -0.2) is 4.79 Å². The van der Waals surface area contributed by atoms with E-state index in [1.54, 1.807) is 0 Å². The number of carbonyl (C=O) groups excluding carboxylic acids is 2. The van der Waals surface area contributed by atoms with Crippen molar-refractivity contribution in [2.24, 2.45) is 11.8 Å². The highest BCUT2D eigenvalue weighted by molar-refractivity contribution is 5.79. The third-order valence-corrected chi connectivity index (χ3v) is 5.19. The minimum Gasteiger partial charge on any atom is -0.444 e. The van der Waals surface area contributed by atoms with Crippen molar-refractivity contribution in [3.05, 3.63) is 0 Å². The maximum Gasteiger partial charge on any atom is 0.407 e. The lowest BCUT2D eigenvalue weighted by Gasteiger charge is -2.37. The summed E-state index contributed by atoms with van der Waals surface area (Å²) in [5.41, 5.74) is -0.625. The van der Waals surface area contributed by atoms with Gasteiger partial charge in [0.1, 0.15) is 5.60 Å². The number of nitrogens with one attached hydrogen (secondary N) is 2. The van der Waals surface area contributed by atoms with Crippen LogP contribution in [0.15, 0.2) is 0 Å². The van der Waals surface area contributed by atoms with Crippen LogP contribution in [0.2, 0.25) is 0 Å². The van der Waals surface area contributed by atoms with Crippen LogP contribution in [0.25, 0.3) is 0 Å². The second kappa shape index (κ2) is 8.59. The van der Waals surface area contributed by atoms with Gasteiger partial charge in [-0.1, -0.05) is 0 Å². The van der Waals surface area contributed by atoms with E-state index in [4.69, 9.17) is 9.47 Å². The molecule has 1 heterocycles. The van der Waals surface area contributed by atoms with Crippen LogP contribution >= 0.6 is 0 Å². The van der Waals surface area contributed by atoms with E-state index in [0.717, 1.165) is 38.5 Å². The van der Waals surface area contributed by atoms with E-state index in [2.05, 4.69) is 24.5 Å². The molecule has 0 aromatic rings. The molecule has 2 rings (SSSR count). The summed E-state index contributed by atoms with van der Waals surface area (Å²) in [6, 6.07) is 0.220. The second-order valence-corrected chi connectivity index (χ2v) is 9.41. The molecule has 1 aliphatic carbocycles. The van der Waals surface area contributed by atoms with Crippen LogP contribution in [0.3, 0.4) is 0 Å². The summed E-state index contributed by atoms with van der Waals surface area (Å²) in [6.07, 6.45) is 5.11. The number of amides is 2. The minimum atomic E-state index is -0.474. The Balaban J connectivity index is 1.67. The Morgan fingerprint density at radius 2 is 1.77 bits per heavy atom. The summed E-state index contributed by atoms with van der Waals surface area (Å²) < 4.78 is 11.0. The van der Waals surface area contributed by atoms with Crippen LogP contribution in [0, 0.1) is 11.8 Å². The fraction of sp³-hybridized carbons (Fsp3) is 0.900. The van der Waals surface area contributed by atoms with Gasteiger partial charge >= 0.3 is 6.09 Å². The monoisotopic (exact) mass is 368 g/mol. The van der Waals surface area contributed by atoms with Crippen molar-refractivity contribution in [2.75, 3.05) is 13.2 Å². The molecule has 0 spiro atoms. The largest absolute Gasteiger partial charge is 0.444 e. The van der Waals surface area contributed by atoms with Crippen molar-refractivity contribution in [2.45, 2.75) is 90.4 Å². The van der Waals surface area contributed by atoms with Gasteiger partial charge in [-0.15, -0.1) is 0 Å². The predicted molar refractivity (Wildman–Crippen MR) is 101 cm³/mol. The highest BCUT2D eigenvalue weighted by atomic mass is 16.6. The zero-order chi connectivity index (χ0) is 19.4. The van der Waals surface area contributed by atoms with Crippen molar-refractivity contribution in [3.63, 3.8) is 0 Å². The van der Waals surface area contributed by atoms with Crippen molar-refractivity contribution in [1.82, 2.24) is 10.6 Å². The lowest BCUT2D eigenvalue weighted by atomic mass is 9.81. The van der Waals surface area contributed by atoms with Crippen molar-refractivity contribution < 1.29 is 19.1 Å². The van der Waals surface area contributed by atoms with Crippen LogP contribution in [-0.2, 0) is 14.3 Å². The van der Waals surface area contributed by atoms with Gasteiger partial charge in [0.15, 0.2) is 0 Å². The van der Waals surface area contributed by atoms with Crippen LogP contribution in [0.1, 0.15) is 73.1 Å². The average molecular weight is 369 g/mol. The normalized spacial score (nSPS) is 28.9. The summed E-state index contributed by atoms with van der Waals surface area (Å²) in [5, 5.41) is 6.08. The zero-order valence-electron chi connectivity index (χ0n) is 17.0. The van der Waals surface area contributed by atoms with Crippen LogP contribution in [0.5, 0.6) is 0 Å². The van der Waals surface area contributed by atoms with E-state index < -0.39 is 5.60 Å².